The molecule has 1 N–H and O–H groups in total. The van der Waals surface area contributed by atoms with Gasteiger partial charge >= 0.3 is 0 Å². The van der Waals surface area contributed by atoms with Gasteiger partial charge in [0.1, 0.15) is 0 Å². The van der Waals surface area contributed by atoms with Gasteiger partial charge in [-0.05, 0) is 25.2 Å². The first-order chi connectivity index (χ1) is 9.70. The molecule has 0 radical (unpaired) electrons. The highest BCUT2D eigenvalue weighted by atomic mass is 16.1. The summed E-state index contributed by atoms with van der Waals surface area (Å²) in [5.74, 6) is 1.44. The summed E-state index contributed by atoms with van der Waals surface area (Å²) in [5.41, 5.74) is 0.537. The molecule has 2 rings (SSSR count). The smallest absolute Gasteiger partial charge is 0.254 e. The van der Waals surface area contributed by atoms with Crippen molar-refractivity contribution in [3.63, 3.8) is 0 Å². The fraction of sp³-hybridized carbons (Fsp3) is 0.667. The summed E-state index contributed by atoms with van der Waals surface area (Å²) < 4.78 is 0. The van der Waals surface area contributed by atoms with Crippen molar-refractivity contribution in [2.75, 3.05) is 24.5 Å². The van der Waals surface area contributed by atoms with Gasteiger partial charge in [0.05, 0.1) is 5.56 Å². The lowest BCUT2D eigenvalue weighted by Crippen LogP contribution is -2.34. The van der Waals surface area contributed by atoms with Gasteiger partial charge in [-0.15, -0.1) is 0 Å². The Bertz CT molecular complexity index is 424. The highest BCUT2D eigenvalue weighted by molar-refractivity contribution is 5.93. The maximum Gasteiger partial charge on any atom is 0.254 e. The van der Waals surface area contributed by atoms with Crippen LogP contribution in [0, 0.1) is 5.92 Å². The van der Waals surface area contributed by atoms with Gasteiger partial charge in [0.15, 0.2) is 0 Å². The minimum atomic E-state index is -0.0859. The molecule has 1 amide bonds. The van der Waals surface area contributed by atoms with Gasteiger partial charge in [-0.2, -0.15) is 0 Å². The molecule has 110 valence electrons. The van der Waals surface area contributed by atoms with Gasteiger partial charge < -0.3 is 10.2 Å². The third kappa shape index (κ3) is 3.92. The van der Waals surface area contributed by atoms with Crippen LogP contribution >= 0.6 is 0 Å². The molecule has 5 heteroatoms. The molecule has 0 aliphatic carbocycles. The summed E-state index contributed by atoms with van der Waals surface area (Å²) >= 11 is 0. The van der Waals surface area contributed by atoms with Crippen LogP contribution in [-0.2, 0) is 0 Å². The number of carbonyl (C=O) groups is 1. The summed E-state index contributed by atoms with van der Waals surface area (Å²) in [6.45, 7) is 7.10. The van der Waals surface area contributed by atoms with E-state index in [0.29, 0.717) is 12.1 Å². The van der Waals surface area contributed by atoms with Crippen molar-refractivity contribution >= 4 is 11.9 Å². The van der Waals surface area contributed by atoms with E-state index >= 15 is 0 Å². The lowest BCUT2D eigenvalue weighted by atomic mass is 10.00. The molecule has 1 aliphatic rings. The van der Waals surface area contributed by atoms with Crippen LogP contribution in [0.3, 0.4) is 0 Å². The SMILES string of the molecule is CCCCNC(=O)c1cnc(N2CCC(C)CC2)nc1. The first-order valence-corrected chi connectivity index (χ1v) is 7.56. The Labute approximate surface area is 120 Å². The second kappa shape index (κ2) is 7.22. The van der Waals surface area contributed by atoms with Crippen LogP contribution in [0.15, 0.2) is 12.4 Å². The molecule has 2 heterocycles. The predicted molar refractivity (Wildman–Crippen MR) is 79.9 cm³/mol. The molecule has 0 spiro atoms. The zero-order valence-corrected chi connectivity index (χ0v) is 12.4. The summed E-state index contributed by atoms with van der Waals surface area (Å²) in [6, 6.07) is 0. The molecule has 0 atom stereocenters. The fourth-order valence-corrected chi connectivity index (χ4v) is 2.29. The first kappa shape index (κ1) is 14.8. The third-order valence-electron chi connectivity index (χ3n) is 3.78. The summed E-state index contributed by atoms with van der Waals surface area (Å²) in [7, 11) is 0. The van der Waals surface area contributed by atoms with Gasteiger partial charge in [0.25, 0.3) is 5.91 Å². The summed E-state index contributed by atoms with van der Waals surface area (Å²) in [6.07, 6.45) is 7.69. The van der Waals surface area contributed by atoms with E-state index in [1.165, 1.54) is 12.8 Å². The number of anilines is 1. The lowest BCUT2D eigenvalue weighted by Gasteiger charge is -2.30. The first-order valence-electron chi connectivity index (χ1n) is 7.56. The molecule has 0 bridgehead atoms. The molecule has 20 heavy (non-hydrogen) atoms. The molecule has 1 saturated heterocycles. The lowest BCUT2D eigenvalue weighted by molar-refractivity contribution is 0.0952. The monoisotopic (exact) mass is 276 g/mol. The zero-order valence-electron chi connectivity index (χ0n) is 12.4. The molecule has 5 nitrogen and oxygen atoms in total. The minimum Gasteiger partial charge on any atom is -0.352 e. The zero-order chi connectivity index (χ0) is 14.4. The minimum absolute atomic E-state index is 0.0859. The van der Waals surface area contributed by atoms with Crippen molar-refractivity contribution < 1.29 is 4.79 Å². The normalized spacial score (nSPS) is 16.2. The van der Waals surface area contributed by atoms with Crippen molar-refractivity contribution in [1.82, 2.24) is 15.3 Å². The second-order valence-corrected chi connectivity index (χ2v) is 5.55. The number of amides is 1. The molecule has 0 saturated carbocycles. The number of carbonyl (C=O) groups excluding carboxylic acids is 1. The molecular weight excluding hydrogens is 252 g/mol. The van der Waals surface area contributed by atoms with Crippen LogP contribution in [0.4, 0.5) is 5.95 Å². The Kier molecular flexibility index (Phi) is 5.32. The van der Waals surface area contributed by atoms with E-state index in [9.17, 15) is 4.79 Å². The standard InChI is InChI=1S/C15H24N4O/c1-3-4-7-16-14(20)13-10-17-15(18-11-13)19-8-5-12(2)6-9-19/h10-12H,3-9H2,1-2H3,(H,16,20). The van der Waals surface area contributed by atoms with Crippen LogP contribution in [0.25, 0.3) is 0 Å². The number of rotatable bonds is 5. The Morgan fingerprint density at radius 3 is 2.60 bits per heavy atom. The van der Waals surface area contributed by atoms with Gasteiger partial charge in [-0.3, -0.25) is 4.79 Å². The Hall–Kier alpha value is -1.65. The number of hydrogen-bond acceptors (Lipinski definition) is 4. The van der Waals surface area contributed by atoms with Gasteiger partial charge in [0.2, 0.25) is 5.95 Å². The van der Waals surface area contributed by atoms with Gasteiger partial charge in [-0.25, -0.2) is 9.97 Å². The number of piperidine rings is 1. The van der Waals surface area contributed by atoms with Crippen LogP contribution in [0.5, 0.6) is 0 Å². The average molecular weight is 276 g/mol. The summed E-state index contributed by atoms with van der Waals surface area (Å²) in [5, 5.41) is 2.87. The van der Waals surface area contributed by atoms with E-state index in [1.807, 2.05) is 0 Å². The molecule has 0 aromatic carbocycles. The van der Waals surface area contributed by atoms with E-state index in [-0.39, 0.29) is 5.91 Å². The second-order valence-electron chi connectivity index (χ2n) is 5.55. The Balaban J connectivity index is 1.90. The van der Waals surface area contributed by atoms with E-state index < -0.39 is 0 Å². The summed E-state index contributed by atoms with van der Waals surface area (Å²) in [4.78, 5) is 22.7. The van der Waals surface area contributed by atoms with E-state index in [2.05, 4.69) is 34.0 Å². The van der Waals surface area contributed by atoms with E-state index in [4.69, 9.17) is 0 Å². The fourth-order valence-electron chi connectivity index (χ4n) is 2.29. The molecular formula is C15H24N4O. The van der Waals surface area contributed by atoms with Crippen molar-refractivity contribution in [3.8, 4) is 0 Å². The van der Waals surface area contributed by atoms with Crippen molar-refractivity contribution in [2.45, 2.75) is 39.5 Å². The number of hydrogen-bond donors (Lipinski definition) is 1. The Morgan fingerprint density at radius 2 is 2.00 bits per heavy atom. The van der Waals surface area contributed by atoms with E-state index in [1.54, 1.807) is 12.4 Å². The van der Waals surface area contributed by atoms with Gasteiger partial charge in [-0.1, -0.05) is 20.3 Å². The topological polar surface area (TPSA) is 58.1 Å². The highest BCUT2D eigenvalue weighted by Crippen LogP contribution is 2.19. The molecule has 1 fully saturated rings. The largest absolute Gasteiger partial charge is 0.352 e. The molecule has 1 aromatic heterocycles. The third-order valence-corrected chi connectivity index (χ3v) is 3.78. The average Bonchev–Trinajstić information content (AvgIpc) is 2.48. The van der Waals surface area contributed by atoms with E-state index in [0.717, 1.165) is 37.8 Å². The highest BCUT2D eigenvalue weighted by Gasteiger charge is 2.18. The maximum absolute atomic E-state index is 11.8. The molecule has 1 aromatic rings. The molecule has 1 aliphatic heterocycles. The number of nitrogens with one attached hydrogen (secondary N) is 1. The Morgan fingerprint density at radius 1 is 1.35 bits per heavy atom. The van der Waals surface area contributed by atoms with Crippen LogP contribution in [0.2, 0.25) is 0 Å². The predicted octanol–water partition coefficient (Wildman–Crippen LogP) is 2.24. The van der Waals surface area contributed by atoms with Crippen molar-refractivity contribution in [3.05, 3.63) is 18.0 Å². The maximum atomic E-state index is 11.8. The number of nitrogens with zero attached hydrogens (tertiary/aromatic N) is 3. The van der Waals surface area contributed by atoms with Crippen molar-refractivity contribution in [1.29, 1.82) is 0 Å². The van der Waals surface area contributed by atoms with Crippen LogP contribution in [0.1, 0.15) is 49.9 Å². The number of aromatic nitrogens is 2. The molecule has 0 unspecified atom stereocenters. The quantitative estimate of drug-likeness (QED) is 0.838. The van der Waals surface area contributed by atoms with Crippen molar-refractivity contribution in [2.24, 2.45) is 5.92 Å². The van der Waals surface area contributed by atoms with Gasteiger partial charge in [0, 0.05) is 32.0 Å². The van der Waals surface area contributed by atoms with Crippen LogP contribution in [-0.4, -0.2) is 35.5 Å². The van der Waals surface area contributed by atoms with Crippen LogP contribution < -0.4 is 10.2 Å². The number of unbranched alkanes of at least 4 members (excludes halogenated alkanes) is 1.